The van der Waals surface area contributed by atoms with Crippen LogP contribution in [0.25, 0.3) is 0 Å². The van der Waals surface area contributed by atoms with E-state index in [0.29, 0.717) is 12.4 Å². The first-order valence-corrected chi connectivity index (χ1v) is 8.81. The van der Waals surface area contributed by atoms with Crippen LogP contribution in [0.3, 0.4) is 0 Å². The highest BCUT2D eigenvalue weighted by Crippen LogP contribution is 2.28. The van der Waals surface area contributed by atoms with Gasteiger partial charge in [-0.1, -0.05) is 42.5 Å². The molecule has 0 spiro atoms. The topological polar surface area (TPSA) is 59.1 Å². The van der Waals surface area contributed by atoms with Crippen LogP contribution in [-0.2, 0) is 0 Å². The van der Waals surface area contributed by atoms with Gasteiger partial charge in [0.1, 0.15) is 23.2 Å². The molecule has 0 aliphatic rings. The third-order valence-corrected chi connectivity index (χ3v) is 3.95. The highest BCUT2D eigenvalue weighted by molar-refractivity contribution is 5.65. The Morgan fingerprint density at radius 3 is 2.42 bits per heavy atom. The van der Waals surface area contributed by atoms with E-state index in [4.69, 9.17) is 4.74 Å². The Balaban J connectivity index is 1.80. The van der Waals surface area contributed by atoms with Gasteiger partial charge in [-0.25, -0.2) is 9.97 Å². The van der Waals surface area contributed by atoms with Crippen molar-refractivity contribution in [2.24, 2.45) is 0 Å². The summed E-state index contributed by atoms with van der Waals surface area (Å²) >= 11 is 0. The maximum atomic E-state index is 5.67. The van der Waals surface area contributed by atoms with E-state index in [9.17, 15) is 0 Å². The molecule has 2 N–H and O–H groups in total. The fourth-order valence-electron chi connectivity index (χ4n) is 2.74. The molecule has 0 bridgehead atoms. The number of aryl methyl sites for hydroxylation is 1. The zero-order valence-electron chi connectivity index (χ0n) is 15.4. The summed E-state index contributed by atoms with van der Waals surface area (Å²) in [5.74, 6) is 3.02. The number of nitrogens with zero attached hydrogens (tertiary/aromatic N) is 2. The van der Waals surface area contributed by atoms with Crippen molar-refractivity contribution in [1.82, 2.24) is 9.97 Å². The molecule has 1 unspecified atom stereocenters. The van der Waals surface area contributed by atoms with E-state index < -0.39 is 0 Å². The van der Waals surface area contributed by atoms with Crippen molar-refractivity contribution in [2.75, 3.05) is 17.2 Å². The third-order valence-electron chi connectivity index (χ3n) is 3.95. The van der Waals surface area contributed by atoms with Crippen molar-refractivity contribution in [3.8, 4) is 5.75 Å². The summed E-state index contributed by atoms with van der Waals surface area (Å²) in [6.07, 6.45) is 0. The fraction of sp³-hybridized carbons (Fsp3) is 0.238. The minimum atomic E-state index is 0.147. The van der Waals surface area contributed by atoms with Gasteiger partial charge < -0.3 is 15.4 Å². The highest BCUT2D eigenvalue weighted by Gasteiger charge is 2.09. The quantitative estimate of drug-likeness (QED) is 0.622. The average Bonchev–Trinajstić information content (AvgIpc) is 2.64. The summed E-state index contributed by atoms with van der Waals surface area (Å²) in [5.41, 5.74) is 2.09. The summed E-state index contributed by atoms with van der Waals surface area (Å²) in [7, 11) is 0. The minimum Gasteiger partial charge on any atom is -0.492 e. The van der Waals surface area contributed by atoms with Crippen LogP contribution in [0, 0.1) is 6.92 Å². The molecule has 26 heavy (non-hydrogen) atoms. The maximum absolute atomic E-state index is 5.67. The molecule has 0 radical (unpaired) electrons. The fourth-order valence-corrected chi connectivity index (χ4v) is 2.74. The molecule has 3 aromatic rings. The molecule has 0 saturated heterocycles. The van der Waals surface area contributed by atoms with Crippen LogP contribution >= 0.6 is 0 Å². The molecule has 5 nitrogen and oxygen atoms in total. The van der Waals surface area contributed by atoms with E-state index in [2.05, 4.69) is 39.7 Å². The van der Waals surface area contributed by atoms with Crippen molar-refractivity contribution in [3.05, 3.63) is 72.1 Å². The van der Waals surface area contributed by atoms with E-state index in [1.807, 2.05) is 62.4 Å². The summed E-state index contributed by atoms with van der Waals surface area (Å²) in [6.45, 7) is 6.59. The first kappa shape index (κ1) is 17.7. The number of ether oxygens (including phenoxy) is 1. The number of nitrogens with one attached hydrogen (secondary N) is 2. The smallest absolute Gasteiger partial charge is 0.142 e. The van der Waals surface area contributed by atoms with Gasteiger partial charge in [-0.2, -0.15) is 0 Å². The number of rotatable bonds is 7. The van der Waals surface area contributed by atoms with Gasteiger partial charge in [0.25, 0.3) is 0 Å². The normalized spacial score (nSPS) is 11.7. The van der Waals surface area contributed by atoms with E-state index in [1.54, 1.807) is 0 Å². The molecule has 0 saturated carbocycles. The largest absolute Gasteiger partial charge is 0.492 e. The van der Waals surface area contributed by atoms with E-state index in [-0.39, 0.29) is 6.04 Å². The Hall–Kier alpha value is -3.08. The number of benzene rings is 2. The van der Waals surface area contributed by atoms with Crippen molar-refractivity contribution in [3.63, 3.8) is 0 Å². The van der Waals surface area contributed by atoms with Crippen molar-refractivity contribution in [1.29, 1.82) is 0 Å². The molecular weight excluding hydrogens is 324 g/mol. The minimum absolute atomic E-state index is 0.147. The standard InChI is InChI=1S/C21H24N4O/c1-4-26-19-13-9-8-12-18(19)25-21-14-20(23-16(3)24-21)22-15(2)17-10-6-5-7-11-17/h5-15H,4H2,1-3H3,(H2,22,23,24,25). The average molecular weight is 348 g/mol. The Morgan fingerprint density at radius 2 is 1.65 bits per heavy atom. The molecule has 2 aromatic carbocycles. The van der Waals surface area contributed by atoms with Gasteiger partial charge >= 0.3 is 0 Å². The predicted molar refractivity (Wildman–Crippen MR) is 106 cm³/mol. The van der Waals surface area contributed by atoms with Gasteiger partial charge in [-0.15, -0.1) is 0 Å². The lowest BCUT2D eigenvalue weighted by atomic mass is 10.1. The Kier molecular flexibility index (Phi) is 5.69. The molecule has 0 aliphatic carbocycles. The van der Waals surface area contributed by atoms with E-state index >= 15 is 0 Å². The lowest BCUT2D eigenvalue weighted by Crippen LogP contribution is -2.09. The first-order chi connectivity index (χ1) is 12.7. The van der Waals surface area contributed by atoms with Crippen molar-refractivity contribution < 1.29 is 4.74 Å². The van der Waals surface area contributed by atoms with Crippen molar-refractivity contribution in [2.45, 2.75) is 26.8 Å². The zero-order valence-corrected chi connectivity index (χ0v) is 15.4. The predicted octanol–water partition coefficient (Wildman–Crippen LogP) is 5.10. The lowest BCUT2D eigenvalue weighted by molar-refractivity contribution is 0.342. The Morgan fingerprint density at radius 1 is 0.962 bits per heavy atom. The molecule has 1 atom stereocenters. The third kappa shape index (κ3) is 4.51. The van der Waals surface area contributed by atoms with Gasteiger partial charge in [0.2, 0.25) is 0 Å². The number of anilines is 3. The second-order valence-corrected chi connectivity index (χ2v) is 6.02. The van der Waals surface area contributed by atoms with Crippen LogP contribution in [0.4, 0.5) is 17.3 Å². The van der Waals surface area contributed by atoms with Crippen LogP contribution < -0.4 is 15.4 Å². The lowest BCUT2D eigenvalue weighted by Gasteiger charge is -2.17. The number of para-hydroxylation sites is 2. The van der Waals surface area contributed by atoms with Gasteiger partial charge in [0.05, 0.1) is 12.3 Å². The van der Waals surface area contributed by atoms with E-state index in [0.717, 1.165) is 23.1 Å². The molecule has 0 aliphatic heterocycles. The van der Waals surface area contributed by atoms with Crippen LogP contribution in [0.5, 0.6) is 5.75 Å². The summed E-state index contributed by atoms with van der Waals surface area (Å²) in [4.78, 5) is 9.00. The Labute approximate surface area is 154 Å². The molecule has 3 rings (SSSR count). The maximum Gasteiger partial charge on any atom is 0.142 e. The molecule has 5 heteroatoms. The molecular formula is C21H24N4O. The monoisotopic (exact) mass is 348 g/mol. The molecule has 1 aromatic heterocycles. The highest BCUT2D eigenvalue weighted by atomic mass is 16.5. The van der Waals surface area contributed by atoms with Crippen molar-refractivity contribution >= 4 is 17.3 Å². The van der Waals surface area contributed by atoms with Crippen LogP contribution in [-0.4, -0.2) is 16.6 Å². The van der Waals surface area contributed by atoms with Gasteiger partial charge in [0.15, 0.2) is 0 Å². The van der Waals surface area contributed by atoms with E-state index in [1.165, 1.54) is 5.56 Å². The summed E-state index contributed by atoms with van der Waals surface area (Å²) in [5, 5.41) is 6.78. The van der Waals surface area contributed by atoms with Crippen LogP contribution in [0.2, 0.25) is 0 Å². The van der Waals surface area contributed by atoms with Gasteiger partial charge in [-0.05, 0) is 38.5 Å². The molecule has 134 valence electrons. The Bertz CT molecular complexity index is 852. The second-order valence-electron chi connectivity index (χ2n) is 6.02. The second kappa shape index (κ2) is 8.34. The number of aromatic nitrogens is 2. The first-order valence-electron chi connectivity index (χ1n) is 8.81. The van der Waals surface area contributed by atoms with Crippen LogP contribution in [0.15, 0.2) is 60.7 Å². The number of hydrogen-bond acceptors (Lipinski definition) is 5. The molecule has 0 fully saturated rings. The van der Waals surface area contributed by atoms with Gasteiger partial charge in [-0.3, -0.25) is 0 Å². The summed E-state index contributed by atoms with van der Waals surface area (Å²) in [6, 6.07) is 20.2. The molecule has 1 heterocycles. The summed E-state index contributed by atoms with van der Waals surface area (Å²) < 4.78 is 5.67. The SMILES string of the molecule is CCOc1ccccc1Nc1cc(NC(C)c2ccccc2)nc(C)n1. The van der Waals surface area contributed by atoms with Gasteiger partial charge in [0, 0.05) is 12.1 Å². The number of hydrogen-bond donors (Lipinski definition) is 2. The van der Waals surface area contributed by atoms with Crippen LogP contribution in [0.1, 0.15) is 31.3 Å². The molecule has 0 amide bonds. The zero-order chi connectivity index (χ0) is 18.4.